The Bertz CT molecular complexity index is 962. The number of hydrogen-bond acceptors (Lipinski definition) is 7. The van der Waals surface area contributed by atoms with Gasteiger partial charge in [-0.15, -0.1) is 0 Å². The molecule has 9 nitrogen and oxygen atoms in total. The van der Waals surface area contributed by atoms with Gasteiger partial charge in [0.05, 0.1) is 29.8 Å². The number of methoxy groups -OCH3 is 2. The van der Waals surface area contributed by atoms with E-state index in [2.05, 4.69) is 21.0 Å². The number of rotatable bonds is 7. The lowest BCUT2D eigenvalue weighted by Gasteiger charge is -2.10. The van der Waals surface area contributed by atoms with E-state index in [1.807, 2.05) is 4.83 Å². The van der Waals surface area contributed by atoms with Gasteiger partial charge in [0, 0.05) is 6.07 Å². The minimum absolute atomic E-state index is 0.421. The topological polar surface area (TPSA) is 120 Å². The molecule has 26 heavy (non-hydrogen) atoms. The molecule has 0 amide bonds. The summed E-state index contributed by atoms with van der Waals surface area (Å²) < 4.78 is 35.5. The van der Waals surface area contributed by atoms with Crippen LogP contribution in [0, 0.1) is 10.1 Å². The van der Waals surface area contributed by atoms with Crippen LogP contribution in [0.4, 0.5) is 5.69 Å². The highest BCUT2D eigenvalue weighted by atomic mass is 79.9. The Labute approximate surface area is 158 Å². The van der Waals surface area contributed by atoms with Crippen molar-refractivity contribution in [1.82, 2.24) is 4.83 Å². The van der Waals surface area contributed by atoms with Crippen LogP contribution in [0.25, 0.3) is 0 Å². The standard InChI is InChI=1S/C15H14BrN3O6S/c1-24-13-8-10(7-11(16)15(13)25-2)9-17-18-26(22,23)14-6-4-3-5-12(14)19(20)21/h3-9,18H,1-2H3. The van der Waals surface area contributed by atoms with Gasteiger partial charge >= 0.3 is 0 Å². The van der Waals surface area contributed by atoms with E-state index in [0.29, 0.717) is 21.5 Å². The monoisotopic (exact) mass is 443 g/mol. The molecular formula is C15H14BrN3O6S. The molecule has 0 unspecified atom stereocenters. The van der Waals surface area contributed by atoms with Crippen molar-refractivity contribution in [3.63, 3.8) is 0 Å². The molecular weight excluding hydrogens is 430 g/mol. The highest BCUT2D eigenvalue weighted by Gasteiger charge is 2.24. The van der Waals surface area contributed by atoms with Crippen LogP contribution in [0.15, 0.2) is 50.9 Å². The van der Waals surface area contributed by atoms with Crippen LogP contribution in [0.2, 0.25) is 0 Å². The summed E-state index contributed by atoms with van der Waals surface area (Å²) in [6, 6.07) is 8.22. The number of ether oxygens (including phenoxy) is 2. The molecule has 0 saturated heterocycles. The summed E-state index contributed by atoms with van der Waals surface area (Å²) >= 11 is 3.31. The molecule has 1 N–H and O–H groups in total. The van der Waals surface area contributed by atoms with Gasteiger partial charge in [-0.3, -0.25) is 10.1 Å². The van der Waals surface area contributed by atoms with E-state index in [1.54, 1.807) is 12.1 Å². The maximum Gasteiger partial charge on any atom is 0.289 e. The molecule has 0 aliphatic heterocycles. The molecule has 11 heteroatoms. The van der Waals surface area contributed by atoms with Crippen molar-refractivity contribution in [3.05, 3.63) is 56.5 Å². The third kappa shape index (κ3) is 4.29. The fourth-order valence-corrected chi connectivity index (χ4v) is 3.65. The zero-order valence-electron chi connectivity index (χ0n) is 13.7. The Morgan fingerprint density at radius 1 is 1.23 bits per heavy atom. The highest BCUT2D eigenvalue weighted by molar-refractivity contribution is 9.10. The Balaban J connectivity index is 2.28. The molecule has 2 rings (SSSR count). The molecule has 0 radical (unpaired) electrons. The molecule has 0 fully saturated rings. The average molecular weight is 444 g/mol. The van der Waals surface area contributed by atoms with E-state index in [0.717, 1.165) is 12.1 Å². The predicted octanol–water partition coefficient (Wildman–Crippen LogP) is 2.69. The lowest BCUT2D eigenvalue weighted by Crippen LogP contribution is -2.19. The molecule has 0 saturated carbocycles. The van der Waals surface area contributed by atoms with E-state index in [-0.39, 0.29) is 0 Å². The van der Waals surface area contributed by atoms with Gasteiger partial charge in [0.1, 0.15) is 0 Å². The fourth-order valence-electron chi connectivity index (χ4n) is 2.07. The lowest BCUT2D eigenvalue weighted by atomic mass is 10.2. The molecule has 0 aromatic heterocycles. The van der Waals surface area contributed by atoms with E-state index < -0.39 is 25.5 Å². The zero-order chi connectivity index (χ0) is 19.3. The molecule has 0 spiro atoms. The quantitative estimate of drug-likeness (QED) is 0.398. The number of halogens is 1. The van der Waals surface area contributed by atoms with E-state index in [9.17, 15) is 18.5 Å². The Morgan fingerprint density at radius 2 is 1.92 bits per heavy atom. The van der Waals surface area contributed by atoms with E-state index in [1.165, 1.54) is 32.6 Å². The first kappa shape index (κ1) is 19.7. The third-order valence-electron chi connectivity index (χ3n) is 3.19. The number of nitrogens with zero attached hydrogens (tertiary/aromatic N) is 2. The van der Waals surface area contributed by atoms with Crippen molar-refractivity contribution in [2.75, 3.05) is 14.2 Å². The van der Waals surface area contributed by atoms with E-state index in [4.69, 9.17) is 9.47 Å². The summed E-state index contributed by atoms with van der Waals surface area (Å²) in [6.07, 6.45) is 1.24. The number of nitro benzene ring substituents is 1. The van der Waals surface area contributed by atoms with Crippen molar-refractivity contribution in [2.24, 2.45) is 5.10 Å². The summed E-state index contributed by atoms with van der Waals surface area (Å²) in [5, 5.41) is 14.6. The SMILES string of the molecule is COc1cc(C=NNS(=O)(=O)c2ccccc2[N+](=O)[O-])cc(Br)c1OC. The van der Waals surface area contributed by atoms with Gasteiger partial charge in [0.15, 0.2) is 16.4 Å². The zero-order valence-corrected chi connectivity index (χ0v) is 16.1. The molecule has 2 aromatic carbocycles. The maximum atomic E-state index is 12.3. The van der Waals surface area contributed by atoms with Gasteiger partial charge in [0.25, 0.3) is 15.7 Å². The summed E-state index contributed by atoms with van der Waals surface area (Å²) in [6.45, 7) is 0. The molecule has 0 heterocycles. The average Bonchev–Trinajstić information content (AvgIpc) is 2.61. The van der Waals surface area contributed by atoms with Crippen LogP contribution < -0.4 is 14.3 Å². The highest BCUT2D eigenvalue weighted by Crippen LogP contribution is 2.35. The largest absolute Gasteiger partial charge is 0.493 e. The predicted molar refractivity (Wildman–Crippen MR) is 98.3 cm³/mol. The summed E-state index contributed by atoms with van der Waals surface area (Å²) in [5.74, 6) is 0.898. The van der Waals surface area contributed by atoms with Gasteiger partial charge < -0.3 is 9.47 Å². The summed E-state index contributed by atoms with van der Waals surface area (Å²) in [5.41, 5.74) is -0.0242. The van der Waals surface area contributed by atoms with Crippen LogP contribution >= 0.6 is 15.9 Å². The molecule has 0 atom stereocenters. The van der Waals surface area contributed by atoms with Crippen molar-refractivity contribution < 1.29 is 22.8 Å². The van der Waals surface area contributed by atoms with Gasteiger partial charge in [0.2, 0.25) is 0 Å². The van der Waals surface area contributed by atoms with Crippen molar-refractivity contribution in [2.45, 2.75) is 4.90 Å². The number of nitro groups is 1. The van der Waals surface area contributed by atoms with Crippen LogP contribution in [0.5, 0.6) is 11.5 Å². The van der Waals surface area contributed by atoms with E-state index >= 15 is 0 Å². The number of benzene rings is 2. The van der Waals surface area contributed by atoms with Crippen LogP contribution in [0.1, 0.15) is 5.56 Å². The normalized spacial score (nSPS) is 11.3. The first-order valence-corrected chi connectivity index (χ1v) is 9.27. The van der Waals surface area contributed by atoms with Crippen LogP contribution in [-0.4, -0.2) is 33.8 Å². The first-order chi connectivity index (χ1) is 12.3. The van der Waals surface area contributed by atoms with Crippen molar-refractivity contribution in [1.29, 1.82) is 0 Å². The Morgan fingerprint density at radius 3 is 2.54 bits per heavy atom. The molecule has 2 aromatic rings. The Hall–Kier alpha value is -2.66. The summed E-state index contributed by atoms with van der Waals surface area (Å²) in [4.78, 5) is 11.7. The number of hydrogen-bond donors (Lipinski definition) is 1. The minimum Gasteiger partial charge on any atom is -0.493 e. The second kappa shape index (κ2) is 8.15. The van der Waals surface area contributed by atoms with Gasteiger partial charge in [-0.2, -0.15) is 18.4 Å². The lowest BCUT2D eigenvalue weighted by molar-refractivity contribution is -0.387. The third-order valence-corrected chi connectivity index (χ3v) is 5.05. The van der Waals surface area contributed by atoms with Crippen molar-refractivity contribution in [3.8, 4) is 11.5 Å². The maximum absolute atomic E-state index is 12.3. The van der Waals surface area contributed by atoms with Gasteiger partial charge in [-0.1, -0.05) is 12.1 Å². The molecule has 138 valence electrons. The van der Waals surface area contributed by atoms with Crippen LogP contribution in [-0.2, 0) is 10.0 Å². The molecule has 0 aliphatic carbocycles. The van der Waals surface area contributed by atoms with Crippen LogP contribution in [0.3, 0.4) is 0 Å². The van der Waals surface area contributed by atoms with Gasteiger partial charge in [-0.05, 0) is 39.7 Å². The second-order valence-electron chi connectivity index (χ2n) is 4.82. The number of para-hydroxylation sites is 1. The fraction of sp³-hybridized carbons (Fsp3) is 0.133. The summed E-state index contributed by atoms with van der Waals surface area (Å²) in [7, 11) is -1.26. The van der Waals surface area contributed by atoms with Gasteiger partial charge in [-0.25, -0.2) is 0 Å². The Kier molecular flexibility index (Phi) is 6.16. The number of hydrazone groups is 1. The molecule has 0 bridgehead atoms. The number of nitrogens with one attached hydrogen (secondary N) is 1. The molecule has 0 aliphatic rings. The number of sulfonamides is 1. The minimum atomic E-state index is -4.20. The van der Waals surface area contributed by atoms with Crippen molar-refractivity contribution >= 4 is 37.9 Å². The first-order valence-electron chi connectivity index (χ1n) is 7.00. The smallest absolute Gasteiger partial charge is 0.289 e. The second-order valence-corrected chi connectivity index (χ2v) is 7.30.